The highest BCUT2D eigenvalue weighted by Crippen LogP contribution is 2.28. The molecular weight excluding hydrogens is 186 g/mol. The van der Waals surface area contributed by atoms with Crippen molar-refractivity contribution in [1.29, 1.82) is 0 Å². The van der Waals surface area contributed by atoms with Gasteiger partial charge in [0, 0.05) is 23.5 Å². The highest BCUT2D eigenvalue weighted by atomic mass is 16.5. The van der Waals surface area contributed by atoms with Gasteiger partial charge in [0.1, 0.15) is 5.75 Å². The molecule has 0 radical (unpaired) electrons. The highest BCUT2D eigenvalue weighted by Gasteiger charge is 2.03. The summed E-state index contributed by atoms with van der Waals surface area (Å²) in [4.78, 5) is 4.11. The quantitative estimate of drug-likeness (QED) is 0.757. The molecule has 0 saturated heterocycles. The van der Waals surface area contributed by atoms with E-state index in [0.717, 1.165) is 16.9 Å². The Morgan fingerprint density at radius 1 is 1.13 bits per heavy atom. The zero-order valence-electron chi connectivity index (χ0n) is 8.68. The highest BCUT2D eigenvalue weighted by molar-refractivity contribution is 5.69. The Bertz CT molecular complexity index is 426. The first-order valence-corrected chi connectivity index (χ1v) is 5.04. The number of nitrogens with zero attached hydrogens (tertiary/aromatic N) is 1. The normalized spacial score (nSPS) is 9.93. The molecule has 0 bridgehead atoms. The molecule has 0 amide bonds. The summed E-state index contributed by atoms with van der Waals surface area (Å²) in [6, 6.07) is 12.0. The van der Waals surface area contributed by atoms with Gasteiger partial charge in [-0.05, 0) is 19.1 Å². The average Bonchev–Trinajstić information content (AvgIpc) is 2.31. The number of para-hydroxylation sites is 1. The summed E-state index contributed by atoms with van der Waals surface area (Å²) in [6.45, 7) is 2.66. The van der Waals surface area contributed by atoms with E-state index in [1.807, 2.05) is 49.5 Å². The molecule has 2 aromatic rings. The van der Waals surface area contributed by atoms with Crippen molar-refractivity contribution in [2.24, 2.45) is 0 Å². The van der Waals surface area contributed by atoms with Crippen molar-refractivity contribution in [3.63, 3.8) is 0 Å². The van der Waals surface area contributed by atoms with Crippen LogP contribution in [0.15, 0.2) is 48.8 Å². The number of rotatable bonds is 3. The maximum Gasteiger partial charge on any atom is 0.127 e. The minimum Gasteiger partial charge on any atom is -0.493 e. The minimum absolute atomic E-state index is 0.678. The van der Waals surface area contributed by atoms with E-state index in [4.69, 9.17) is 4.74 Å². The standard InChI is InChI=1S/C13H13NO/c1-2-15-13-8-4-3-7-12(13)11-6-5-9-14-10-11/h3-10H,2H2,1H3. The van der Waals surface area contributed by atoms with Crippen LogP contribution in [0.3, 0.4) is 0 Å². The van der Waals surface area contributed by atoms with Crippen LogP contribution in [-0.4, -0.2) is 11.6 Å². The maximum atomic E-state index is 5.56. The third-order valence-corrected chi connectivity index (χ3v) is 2.16. The lowest BCUT2D eigenvalue weighted by atomic mass is 10.1. The molecule has 1 heterocycles. The molecule has 0 unspecified atom stereocenters. The molecule has 0 saturated carbocycles. The van der Waals surface area contributed by atoms with E-state index in [0.29, 0.717) is 6.61 Å². The van der Waals surface area contributed by atoms with Crippen molar-refractivity contribution in [3.8, 4) is 16.9 Å². The molecule has 0 fully saturated rings. The fourth-order valence-corrected chi connectivity index (χ4v) is 1.51. The van der Waals surface area contributed by atoms with Gasteiger partial charge >= 0.3 is 0 Å². The fourth-order valence-electron chi connectivity index (χ4n) is 1.51. The molecule has 0 atom stereocenters. The van der Waals surface area contributed by atoms with E-state index in [1.165, 1.54) is 0 Å². The number of hydrogen-bond donors (Lipinski definition) is 0. The summed E-state index contributed by atoms with van der Waals surface area (Å²) in [5.41, 5.74) is 2.18. The molecule has 0 aliphatic rings. The number of pyridine rings is 1. The van der Waals surface area contributed by atoms with E-state index in [1.54, 1.807) is 6.20 Å². The summed E-state index contributed by atoms with van der Waals surface area (Å²) in [5, 5.41) is 0. The molecule has 0 N–H and O–H groups in total. The lowest BCUT2D eigenvalue weighted by molar-refractivity contribution is 0.341. The third-order valence-electron chi connectivity index (χ3n) is 2.16. The Labute approximate surface area is 89.6 Å². The van der Waals surface area contributed by atoms with Crippen LogP contribution in [0.1, 0.15) is 6.92 Å². The number of aromatic nitrogens is 1. The molecule has 2 rings (SSSR count). The number of hydrogen-bond acceptors (Lipinski definition) is 2. The van der Waals surface area contributed by atoms with Gasteiger partial charge < -0.3 is 4.74 Å². The van der Waals surface area contributed by atoms with Crippen molar-refractivity contribution < 1.29 is 4.74 Å². The second-order valence-electron chi connectivity index (χ2n) is 3.17. The second-order valence-corrected chi connectivity index (χ2v) is 3.17. The van der Waals surface area contributed by atoms with Crippen molar-refractivity contribution in [2.45, 2.75) is 6.92 Å². The van der Waals surface area contributed by atoms with Crippen molar-refractivity contribution >= 4 is 0 Å². The summed E-state index contributed by atoms with van der Waals surface area (Å²) < 4.78 is 5.56. The van der Waals surface area contributed by atoms with Gasteiger partial charge in [0.25, 0.3) is 0 Å². The summed E-state index contributed by atoms with van der Waals surface area (Å²) in [5.74, 6) is 0.910. The molecule has 0 spiro atoms. The predicted molar refractivity (Wildman–Crippen MR) is 60.8 cm³/mol. The van der Waals surface area contributed by atoms with Crippen LogP contribution in [-0.2, 0) is 0 Å². The van der Waals surface area contributed by atoms with Gasteiger partial charge in [-0.25, -0.2) is 0 Å². The van der Waals surface area contributed by atoms with Crippen molar-refractivity contribution in [3.05, 3.63) is 48.8 Å². The van der Waals surface area contributed by atoms with Crippen LogP contribution in [0, 0.1) is 0 Å². The lowest BCUT2D eigenvalue weighted by Gasteiger charge is -2.09. The topological polar surface area (TPSA) is 22.1 Å². The van der Waals surface area contributed by atoms with Gasteiger partial charge in [-0.1, -0.05) is 24.3 Å². The number of benzene rings is 1. The van der Waals surface area contributed by atoms with Gasteiger partial charge in [-0.3, -0.25) is 4.98 Å². The van der Waals surface area contributed by atoms with Crippen LogP contribution in [0.25, 0.3) is 11.1 Å². The molecule has 2 nitrogen and oxygen atoms in total. The second kappa shape index (κ2) is 4.60. The van der Waals surface area contributed by atoms with E-state index in [-0.39, 0.29) is 0 Å². The van der Waals surface area contributed by atoms with Gasteiger partial charge in [0.05, 0.1) is 6.61 Å². The summed E-state index contributed by atoms with van der Waals surface area (Å²) >= 11 is 0. The first kappa shape index (κ1) is 9.71. The van der Waals surface area contributed by atoms with Crippen LogP contribution < -0.4 is 4.74 Å². The zero-order chi connectivity index (χ0) is 10.5. The van der Waals surface area contributed by atoms with Gasteiger partial charge in [0.15, 0.2) is 0 Å². The first-order valence-electron chi connectivity index (χ1n) is 5.04. The summed E-state index contributed by atoms with van der Waals surface area (Å²) in [7, 11) is 0. The molecule has 1 aromatic heterocycles. The molecule has 0 aliphatic carbocycles. The van der Waals surface area contributed by atoms with Crippen molar-refractivity contribution in [2.75, 3.05) is 6.61 Å². The smallest absolute Gasteiger partial charge is 0.127 e. The van der Waals surface area contributed by atoms with Gasteiger partial charge in [-0.15, -0.1) is 0 Å². The molecule has 2 heteroatoms. The molecule has 1 aromatic carbocycles. The monoisotopic (exact) mass is 199 g/mol. The van der Waals surface area contributed by atoms with E-state index >= 15 is 0 Å². The van der Waals surface area contributed by atoms with Gasteiger partial charge in [-0.2, -0.15) is 0 Å². The average molecular weight is 199 g/mol. The van der Waals surface area contributed by atoms with E-state index < -0.39 is 0 Å². The zero-order valence-corrected chi connectivity index (χ0v) is 8.68. The number of ether oxygens (including phenoxy) is 1. The Balaban J connectivity index is 2.43. The SMILES string of the molecule is CCOc1ccccc1-c1cccnc1. The van der Waals surface area contributed by atoms with Crippen LogP contribution in [0.2, 0.25) is 0 Å². The third kappa shape index (κ3) is 2.15. The van der Waals surface area contributed by atoms with Crippen LogP contribution in [0.4, 0.5) is 0 Å². The summed E-state index contributed by atoms with van der Waals surface area (Å²) in [6.07, 6.45) is 3.62. The lowest BCUT2D eigenvalue weighted by Crippen LogP contribution is -1.93. The maximum absolute atomic E-state index is 5.56. The van der Waals surface area contributed by atoms with Crippen molar-refractivity contribution in [1.82, 2.24) is 4.98 Å². The van der Waals surface area contributed by atoms with E-state index in [9.17, 15) is 0 Å². The minimum atomic E-state index is 0.678. The Morgan fingerprint density at radius 2 is 2.00 bits per heavy atom. The van der Waals surface area contributed by atoms with Crippen LogP contribution in [0.5, 0.6) is 5.75 Å². The van der Waals surface area contributed by atoms with Gasteiger partial charge in [0.2, 0.25) is 0 Å². The Hall–Kier alpha value is -1.83. The molecular formula is C13H13NO. The Morgan fingerprint density at radius 3 is 2.73 bits per heavy atom. The van der Waals surface area contributed by atoms with E-state index in [2.05, 4.69) is 4.98 Å². The largest absolute Gasteiger partial charge is 0.493 e. The molecule has 76 valence electrons. The predicted octanol–water partition coefficient (Wildman–Crippen LogP) is 3.15. The van der Waals surface area contributed by atoms with Crippen LogP contribution >= 0.6 is 0 Å². The molecule has 15 heavy (non-hydrogen) atoms. The first-order chi connectivity index (χ1) is 7.42. The molecule has 0 aliphatic heterocycles. The Kier molecular flexibility index (Phi) is 2.98. The fraction of sp³-hybridized carbons (Fsp3) is 0.154.